The van der Waals surface area contributed by atoms with Gasteiger partial charge in [0.05, 0.1) is 17.8 Å². The van der Waals surface area contributed by atoms with Crippen LogP contribution < -0.4 is 10.9 Å². The van der Waals surface area contributed by atoms with Crippen molar-refractivity contribution in [2.75, 3.05) is 11.9 Å². The average Bonchev–Trinajstić information content (AvgIpc) is 2.45. The van der Waals surface area contributed by atoms with Gasteiger partial charge in [-0.3, -0.25) is 19.5 Å². The summed E-state index contributed by atoms with van der Waals surface area (Å²) in [5, 5.41) is 14.1. The van der Waals surface area contributed by atoms with E-state index in [0.717, 1.165) is 0 Å². The first kappa shape index (κ1) is 15.2. The molecule has 110 valence electrons. The van der Waals surface area contributed by atoms with E-state index in [1.54, 1.807) is 12.1 Å². The van der Waals surface area contributed by atoms with Crippen LogP contribution in [0.15, 0.2) is 40.0 Å². The summed E-state index contributed by atoms with van der Waals surface area (Å²) in [5.41, 5.74) is 0.842. The van der Waals surface area contributed by atoms with E-state index in [-0.39, 0.29) is 17.8 Å². The summed E-state index contributed by atoms with van der Waals surface area (Å²) in [6.45, 7) is 2.60. The molecule has 1 N–H and O–H groups in total. The van der Waals surface area contributed by atoms with Crippen molar-refractivity contribution in [3.05, 3.63) is 61.2 Å². The minimum atomic E-state index is -0.441. The van der Waals surface area contributed by atoms with E-state index in [1.165, 1.54) is 23.2 Å². The maximum Gasteiger partial charge on any atom is 0.292 e. The summed E-state index contributed by atoms with van der Waals surface area (Å²) in [5.74, 6) is 0. The van der Waals surface area contributed by atoms with Gasteiger partial charge in [-0.25, -0.2) is 4.98 Å². The second-order valence-electron chi connectivity index (χ2n) is 4.27. The highest BCUT2D eigenvalue weighted by molar-refractivity contribution is 9.10. The smallest absolute Gasteiger partial charge is 0.292 e. The van der Waals surface area contributed by atoms with Crippen LogP contribution >= 0.6 is 15.9 Å². The predicted molar refractivity (Wildman–Crippen MR) is 82.6 cm³/mol. The molecule has 21 heavy (non-hydrogen) atoms. The molecule has 7 nitrogen and oxygen atoms in total. The van der Waals surface area contributed by atoms with Crippen LogP contribution in [0, 0.1) is 10.1 Å². The number of hydrogen-bond donors (Lipinski definition) is 1. The lowest BCUT2D eigenvalue weighted by Gasteiger charge is -2.12. The highest BCUT2D eigenvalue weighted by Crippen LogP contribution is 2.28. The Kier molecular flexibility index (Phi) is 4.69. The Morgan fingerprint density at radius 2 is 2.24 bits per heavy atom. The van der Waals surface area contributed by atoms with Crippen molar-refractivity contribution in [3.8, 4) is 0 Å². The van der Waals surface area contributed by atoms with E-state index in [0.29, 0.717) is 22.3 Å². The second kappa shape index (κ2) is 6.49. The van der Waals surface area contributed by atoms with Crippen LogP contribution in [0.5, 0.6) is 0 Å². The molecule has 0 aliphatic rings. The molecule has 0 unspecified atom stereocenters. The van der Waals surface area contributed by atoms with E-state index >= 15 is 0 Å². The molecule has 0 aliphatic carbocycles. The zero-order chi connectivity index (χ0) is 15.4. The molecule has 8 heteroatoms. The highest BCUT2D eigenvalue weighted by Gasteiger charge is 2.17. The third-order valence-corrected chi connectivity index (χ3v) is 3.42. The van der Waals surface area contributed by atoms with E-state index in [1.807, 2.05) is 6.92 Å². The van der Waals surface area contributed by atoms with Crippen LogP contribution in [0.2, 0.25) is 0 Å². The first-order valence-corrected chi connectivity index (χ1v) is 7.04. The number of benzene rings is 1. The third kappa shape index (κ3) is 3.27. The maximum absolute atomic E-state index is 12.0. The summed E-state index contributed by atoms with van der Waals surface area (Å²) in [6.07, 6.45) is 2.82. The zero-order valence-electron chi connectivity index (χ0n) is 11.2. The SMILES string of the molecule is CCNc1c(Cn2cncc(Br)c2=O)cccc1[N+](=O)[O-]. The Morgan fingerprint density at radius 3 is 2.90 bits per heavy atom. The van der Waals surface area contributed by atoms with Crippen LogP contribution in [-0.2, 0) is 6.54 Å². The Hall–Kier alpha value is -2.22. The predicted octanol–water partition coefficient (Wildman–Crippen LogP) is 2.39. The summed E-state index contributed by atoms with van der Waals surface area (Å²) in [7, 11) is 0. The third-order valence-electron chi connectivity index (χ3n) is 2.88. The molecule has 0 spiro atoms. The monoisotopic (exact) mass is 352 g/mol. The number of nitrogens with one attached hydrogen (secondary N) is 1. The topological polar surface area (TPSA) is 90.1 Å². The average molecular weight is 353 g/mol. The molecular weight excluding hydrogens is 340 g/mol. The van der Waals surface area contributed by atoms with Crippen molar-refractivity contribution in [1.82, 2.24) is 9.55 Å². The van der Waals surface area contributed by atoms with E-state index in [4.69, 9.17) is 0 Å². The number of halogens is 1. The Bertz CT molecular complexity index is 730. The number of para-hydroxylation sites is 1. The van der Waals surface area contributed by atoms with Gasteiger partial charge in [0.15, 0.2) is 0 Å². The lowest BCUT2D eigenvalue weighted by Crippen LogP contribution is -2.22. The number of nitro groups is 1. The minimum absolute atomic E-state index is 0.00893. The molecule has 0 aliphatic heterocycles. The molecule has 0 amide bonds. The highest BCUT2D eigenvalue weighted by atomic mass is 79.9. The normalized spacial score (nSPS) is 10.4. The van der Waals surface area contributed by atoms with Gasteiger partial charge in [-0.1, -0.05) is 12.1 Å². The molecule has 1 aromatic heterocycles. The van der Waals surface area contributed by atoms with Crippen LogP contribution in [0.1, 0.15) is 12.5 Å². The summed E-state index contributed by atoms with van der Waals surface area (Å²) in [6, 6.07) is 4.78. The lowest BCUT2D eigenvalue weighted by molar-refractivity contribution is -0.384. The molecule has 0 saturated carbocycles. The van der Waals surface area contributed by atoms with E-state index < -0.39 is 4.92 Å². The zero-order valence-corrected chi connectivity index (χ0v) is 12.8. The molecule has 0 saturated heterocycles. The molecule has 1 aromatic carbocycles. The fourth-order valence-electron chi connectivity index (χ4n) is 1.97. The molecule has 2 rings (SSSR count). The van der Waals surface area contributed by atoms with Crippen LogP contribution in [-0.4, -0.2) is 21.0 Å². The minimum Gasteiger partial charge on any atom is -0.379 e. The van der Waals surface area contributed by atoms with Crippen LogP contribution in [0.25, 0.3) is 0 Å². The van der Waals surface area contributed by atoms with Gasteiger partial charge >= 0.3 is 0 Å². The van der Waals surface area contributed by atoms with Crippen molar-refractivity contribution in [2.45, 2.75) is 13.5 Å². The van der Waals surface area contributed by atoms with Crippen molar-refractivity contribution in [1.29, 1.82) is 0 Å². The van der Waals surface area contributed by atoms with Gasteiger partial charge in [-0.05, 0) is 22.9 Å². The molecule has 1 heterocycles. The van der Waals surface area contributed by atoms with Gasteiger partial charge in [-0.15, -0.1) is 0 Å². The van der Waals surface area contributed by atoms with Crippen LogP contribution in [0.3, 0.4) is 0 Å². The molecule has 0 radical (unpaired) electrons. The van der Waals surface area contributed by atoms with Crippen molar-refractivity contribution < 1.29 is 4.92 Å². The largest absolute Gasteiger partial charge is 0.379 e. The summed E-state index contributed by atoms with van der Waals surface area (Å²) < 4.78 is 1.74. The van der Waals surface area contributed by atoms with Gasteiger partial charge in [0.1, 0.15) is 10.2 Å². The van der Waals surface area contributed by atoms with Gasteiger partial charge in [0, 0.05) is 24.4 Å². The second-order valence-corrected chi connectivity index (χ2v) is 5.13. The number of rotatable bonds is 5. The number of nitro benzene ring substituents is 1. The maximum atomic E-state index is 12.0. The Labute approximate surface area is 128 Å². The number of aromatic nitrogens is 2. The molecule has 0 bridgehead atoms. The molecule has 2 aromatic rings. The van der Waals surface area contributed by atoms with Gasteiger partial charge < -0.3 is 5.32 Å². The summed E-state index contributed by atoms with van der Waals surface area (Å²) in [4.78, 5) is 26.6. The quantitative estimate of drug-likeness (QED) is 0.659. The first-order valence-electron chi connectivity index (χ1n) is 6.24. The lowest BCUT2D eigenvalue weighted by atomic mass is 10.1. The van der Waals surface area contributed by atoms with E-state index in [9.17, 15) is 14.9 Å². The first-order chi connectivity index (χ1) is 10.0. The van der Waals surface area contributed by atoms with Crippen molar-refractivity contribution >= 4 is 27.3 Å². The summed E-state index contributed by atoms with van der Waals surface area (Å²) >= 11 is 3.13. The van der Waals surface area contributed by atoms with Gasteiger partial charge in [-0.2, -0.15) is 0 Å². The molecule has 0 atom stereocenters. The van der Waals surface area contributed by atoms with Crippen LogP contribution in [0.4, 0.5) is 11.4 Å². The number of anilines is 1. The number of nitrogens with zero attached hydrogens (tertiary/aromatic N) is 3. The van der Waals surface area contributed by atoms with Gasteiger partial charge in [0.25, 0.3) is 11.2 Å². The van der Waals surface area contributed by atoms with Crippen molar-refractivity contribution in [2.24, 2.45) is 0 Å². The molecular formula is C13H13BrN4O3. The molecule has 0 fully saturated rings. The Morgan fingerprint density at radius 1 is 1.48 bits per heavy atom. The fourth-order valence-corrected chi connectivity index (χ4v) is 2.32. The fraction of sp³-hybridized carbons (Fsp3) is 0.231. The van der Waals surface area contributed by atoms with Crippen molar-refractivity contribution in [3.63, 3.8) is 0 Å². The Balaban J connectivity index is 2.49. The number of hydrogen-bond acceptors (Lipinski definition) is 5. The van der Waals surface area contributed by atoms with E-state index in [2.05, 4.69) is 26.2 Å². The standard InChI is InChI=1S/C13H13BrN4O3/c1-2-16-12-9(4-3-5-11(12)18(20)21)7-17-8-15-6-10(14)13(17)19/h3-6,8,16H,2,7H2,1H3. The van der Waals surface area contributed by atoms with Gasteiger partial charge in [0.2, 0.25) is 0 Å².